The van der Waals surface area contributed by atoms with E-state index in [0.717, 1.165) is 0 Å². The van der Waals surface area contributed by atoms with Gasteiger partial charge < -0.3 is 22.9 Å². The summed E-state index contributed by atoms with van der Waals surface area (Å²) in [4.78, 5) is 0. The average molecular weight is 138 g/mol. The number of rotatable bonds is 0. The van der Waals surface area contributed by atoms with Gasteiger partial charge in [0.2, 0.25) is 0 Å². The van der Waals surface area contributed by atoms with Crippen LogP contribution in [0.15, 0.2) is 34.9 Å². The summed E-state index contributed by atoms with van der Waals surface area (Å²) in [5.41, 5.74) is 23.2. The van der Waals surface area contributed by atoms with Crippen LogP contribution in [0.5, 0.6) is 0 Å². The van der Waals surface area contributed by atoms with Crippen LogP contribution in [0.1, 0.15) is 0 Å². The summed E-state index contributed by atoms with van der Waals surface area (Å²) in [5, 5.41) is 0. The lowest BCUT2D eigenvalue weighted by atomic mass is 10.2. The summed E-state index contributed by atoms with van der Waals surface area (Å²) in [6.45, 7) is 0. The Kier molecular flexibility index (Phi) is 1.30. The second-order valence-electron chi connectivity index (χ2n) is 2.07. The fraction of sp³-hybridized carbons (Fsp3) is 0. The minimum atomic E-state index is 0.167. The SMILES string of the molecule is NC1=CC=C(N)C1=C(N)N. The Hall–Kier alpha value is -1.58. The molecule has 8 N–H and O–H groups in total. The fourth-order valence-electron chi connectivity index (χ4n) is 0.846. The third-order valence-electron chi connectivity index (χ3n) is 1.31. The van der Waals surface area contributed by atoms with E-state index in [1.54, 1.807) is 12.2 Å². The summed E-state index contributed by atoms with van der Waals surface area (Å²) in [7, 11) is 0. The van der Waals surface area contributed by atoms with Crippen LogP contribution in [0, 0.1) is 0 Å². The minimum absolute atomic E-state index is 0.167. The van der Waals surface area contributed by atoms with E-state index in [0.29, 0.717) is 17.0 Å². The Bertz CT molecular complexity index is 222. The van der Waals surface area contributed by atoms with E-state index in [-0.39, 0.29) is 5.82 Å². The number of allylic oxidation sites excluding steroid dienone is 2. The largest absolute Gasteiger partial charge is 0.398 e. The van der Waals surface area contributed by atoms with E-state index in [9.17, 15) is 0 Å². The van der Waals surface area contributed by atoms with Crippen LogP contribution in [0.25, 0.3) is 0 Å². The molecule has 0 radical (unpaired) electrons. The maximum Gasteiger partial charge on any atom is 0.105 e. The van der Waals surface area contributed by atoms with Gasteiger partial charge in [0.25, 0.3) is 0 Å². The molecule has 0 heterocycles. The molecule has 0 fully saturated rings. The molecule has 0 saturated carbocycles. The van der Waals surface area contributed by atoms with E-state index in [2.05, 4.69) is 0 Å². The van der Waals surface area contributed by atoms with E-state index < -0.39 is 0 Å². The third-order valence-corrected chi connectivity index (χ3v) is 1.31. The molecule has 4 nitrogen and oxygen atoms in total. The zero-order chi connectivity index (χ0) is 7.72. The highest BCUT2D eigenvalue weighted by Crippen LogP contribution is 2.17. The van der Waals surface area contributed by atoms with Crippen molar-refractivity contribution in [2.75, 3.05) is 0 Å². The van der Waals surface area contributed by atoms with Crippen LogP contribution < -0.4 is 22.9 Å². The van der Waals surface area contributed by atoms with Crippen molar-refractivity contribution in [3.63, 3.8) is 0 Å². The first-order valence-corrected chi connectivity index (χ1v) is 2.82. The van der Waals surface area contributed by atoms with Crippen molar-refractivity contribution in [3.8, 4) is 0 Å². The van der Waals surface area contributed by atoms with Gasteiger partial charge in [0, 0.05) is 11.4 Å². The molecule has 4 heteroatoms. The van der Waals surface area contributed by atoms with E-state index in [1.807, 2.05) is 0 Å². The number of hydrogen-bond acceptors (Lipinski definition) is 4. The first-order valence-electron chi connectivity index (χ1n) is 2.82. The van der Waals surface area contributed by atoms with Gasteiger partial charge in [-0.25, -0.2) is 0 Å². The molecule has 0 bridgehead atoms. The zero-order valence-electron chi connectivity index (χ0n) is 5.46. The average Bonchev–Trinajstić information content (AvgIpc) is 2.11. The first kappa shape index (κ1) is 6.54. The summed E-state index contributed by atoms with van der Waals surface area (Å²) in [5.74, 6) is 0.167. The third kappa shape index (κ3) is 0.793. The highest BCUT2D eigenvalue weighted by Gasteiger charge is 2.11. The van der Waals surface area contributed by atoms with Crippen LogP contribution in [-0.4, -0.2) is 0 Å². The smallest absolute Gasteiger partial charge is 0.105 e. The van der Waals surface area contributed by atoms with Gasteiger partial charge in [0.1, 0.15) is 5.82 Å². The minimum Gasteiger partial charge on any atom is -0.398 e. The standard InChI is InChI=1S/C6H10N4/c7-3-1-2-4(8)5(3)6(9)10/h1-2H,7-10H2. The molecule has 0 aromatic heterocycles. The molecular formula is C6H10N4. The van der Waals surface area contributed by atoms with Crippen LogP contribution in [0.4, 0.5) is 0 Å². The predicted molar refractivity (Wildman–Crippen MR) is 39.9 cm³/mol. The fourth-order valence-corrected chi connectivity index (χ4v) is 0.846. The molecule has 1 aliphatic carbocycles. The monoisotopic (exact) mass is 138 g/mol. The first-order chi connectivity index (χ1) is 4.63. The molecule has 1 rings (SSSR count). The summed E-state index contributed by atoms with van der Waals surface area (Å²) in [6.07, 6.45) is 3.34. The maximum absolute atomic E-state index is 5.48. The van der Waals surface area contributed by atoms with Gasteiger partial charge in [0.15, 0.2) is 0 Å². The summed E-state index contributed by atoms with van der Waals surface area (Å²) >= 11 is 0. The lowest BCUT2D eigenvalue weighted by Crippen LogP contribution is -2.18. The quantitative estimate of drug-likeness (QED) is 0.338. The molecular weight excluding hydrogens is 128 g/mol. The van der Waals surface area contributed by atoms with Crippen molar-refractivity contribution in [1.82, 2.24) is 0 Å². The Morgan fingerprint density at radius 2 is 1.40 bits per heavy atom. The van der Waals surface area contributed by atoms with Crippen LogP contribution in [0.3, 0.4) is 0 Å². The van der Waals surface area contributed by atoms with Crippen molar-refractivity contribution >= 4 is 0 Å². The van der Waals surface area contributed by atoms with Crippen molar-refractivity contribution in [1.29, 1.82) is 0 Å². The second-order valence-corrected chi connectivity index (χ2v) is 2.07. The lowest BCUT2D eigenvalue weighted by Gasteiger charge is -2.03. The molecule has 1 aliphatic rings. The number of hydrogen-bond donors (Lipinski definition) is 4. The highest BCUT2D eigenvalue weighted by molar-refractivity contribution is 5.53. The topological polar surface area (TPSA) is 104 Å². The van der Waals surface area contributed by atoms with Gasteiger partial charge in [-0.1, -0.05) is 0 Å². The van der Waals surface area contributed by atoms with Crippen molar-refractivity contribution in [2.24, 2.45) is 22.9 Å². The molecule has 0 saturated heterocycles. The maximum atomic E-state index is 5.48. The molecule has 0 aliphatic heterocycles. The van der Waals surface area contributed by atoms with E-state index in [1.165, 1.54) is 0 Å². The van der Waals surface area contributed by atoms with Crippen molar-refractivity contribution in [3.05, 3.63) is 34.9 Å². The van der Waals surface area contributed by atoms with Gasteiger partial charge in [-0.3, -0.25) is 0 Å². The van der Waals surface area contributed by atoms with Crippen LogP contribution in [-0.2, 0) is 0 Å². The summed E-state index contributed by atoms with van der Waals surface area (Å²) in [6, 6.07) is 0. The van der Waals surface area contributed by atoms with Gasteiger partial charge >= 0.3 is 0 Å². The normalized spacial score (nSPS) is 16.6. The molecule has 0 atom stereocenters. The van der Waals surface area contributed by atoms with Crippen molar-refractivity contribution in [2.45, 2.75) is 0 Å². The predicted octanol–water partition coefficient (Wildman–Crippen LogP) is -1.19. The summed E-state index contributed by atoms with van der Waals surface area (Å²) < 4.78 is 0. The molecule has 0 aromatic rings. The Labute approximate surface area is 58.8 Å². The molecule has 0 spiro atoms. The molecule has 54 valence electrons. The second kappa shape index (κ2) is 1.98. The van der Waals surface area contributed by atoms with Gasteiger partial charge in [-0.05, 0) is 12.2 Å². The molecule has 0 aromatic carbocycles. The van der Waals surface area contributed by atoms with E-state index >= 15 is 0 Å². The van der Waals surface area contributed by atoms with Gasteiger partial charge in [-0.2, -0.15) is 0 Å². The Morgan fingerprint density at radius 3 is 1.60 bits per heavy atom. The molecule has 10 heavy (non-hydrogen) atoms. The molecule has 0 amide bonds. The van der Waals surface area contributed by atoms with Crippen molar-refractivity contribution < 1.29 is 0 Å². The van der Waals surface area contributed by atoms with Gasteiger partial charge in [-0.15, -0.1) is 0 Å². The van der Waals surface area contributed by atoms with E-state index in [4.69, 9.17) is 22.9 Å². The zero-order valence-corrected chi connectivity index (χ0v) is 5.46. The Balaban J connectivity index is 3.10. The van der Waals surface area contributed by atoms with Gasteiger partial charge in [0.05, 0.1) is 5.57 Å². The van der Waals surface area contributed by atoms with Crippen LogP contribution >= 0.6 is 0 Å². The Morgan fingerprint density at radius 1 is 1.00 bits per heavy atom. The molecule has 0 unspecified atom stereocenters. The number of nitrogens with two attached hydrogens (primary N) is 4. The highest BCUT2D eigenvalue weighted by atomic mass is 14.8. The lowest BCUT2D eigenvalue weighted by molar-refractivity contribution is 1.15. The van der Waals surface area contributed by atoms with Crippen LogP contribution in [0.2, 0.25) is 0 Å².